The summed E-state index contributed by atoms with van der Waals surface area (Å²) in [5.41, 5.74) is 0. The van der Waals surface area contributed by atoms with Crippen molar-refractivity contribution in [2.75, 3.05) is 6.54 Å². The first-order valence-electron chi connectivity index (χ1n) is 16.4. The Morgan fingerprint density at radius 2 is 0.825 bits per heavy atom. The van der Waals surface area contributed by atoms with Gasteiger partial charge >= 0.3 is 17.9 Å². The molecule has 0 saturated carbocycles. The van der Waals surface area contributed by atoms with Gasteiger partial charge in [0.05, 0.1) is 6.54 Å². The lowest BCUT2D eigenvalue weighted by Crippen LogP contribution is -2.72. The van der Waals surface area contributed by atoms with Crippen molar-refractivity contribution in [3.8, 4) is 0 Å². The summed E-state index contributed by atoms with van der Waals surface area (Å²) in [5.74, 6) is -3.31. The van der Waals surface area contributed by atoms with Crippen molar-refractivity contribution in [3.63, 3.8) is 0 Å². The standard InChI is InChI=1S/C33H61NO6/c1-5-9-10-11-12-13-14-15-16-17-18-19-20-21-22-23-27-34(28(24-6-2)31(35)36,29(25-7-3)32(37)38)30(26-8-4)33(39)40/h21-22,28-30H,5-20,23-27H2,1-4H3,(H2-,35,36,37,38,39,40)/p+1/b22-21+. The van der Waals surface area contributed by atoms with Gasteiger partial charge in [0.1, 0.15) is 0 Å². The SMILES string of the molecule is CCCCCCCCCCCCCC/C=C/CC[N+](C(CCC)C(=O)O)(C(CCC)C(=O)O)C(CCC)C(=O)O. The van der Waals surface area contributed by atoms with Gasteiger partial charge in [0.15, 0.2) is 18.1 Å². The smallest absolute Gasteiger partial charge is 0.362 e. The van der Waals surface area contributed by atoms with Crippen LogP contribution >= 0.6 is 0 Å². The van der Waals surface area contributed by atoms with Crippen molar-refractivity contribution >= 4 is 17.9 Å². The zero-order valence-corrected chi connectivity index (χ0v) is 26.2. The Kier molecular flexibility index (Phi) is 22.7. The van der Waals surface area contributed by atoms with Crippen molar-refractivity contribution in [3.05, 3.63) is 12.2 Å². The molecule has 0 aliphatic rings. The fourth-order valence-corrected chi connectivity index (χ4v) is 6.28. The van der Waals surface area contributed by atoms with Crippen LogP contribution in [0.15, 0.2) is 12.2 Å². The third-order valence-corrected chi connectivity index (χ3v) is 8.36. The number of rotatable bonds is 28. The molecular weight excluding hydrogens is 506 g/mol. The lowest BCUT2D eigenvalue weighted by Gasteiger charge is -2.50. The summed E-state index contributed by atoms with van der Waals surface area (Å²) in [4.78, 5) is 37.7. The van der Waals surface area contributed by atoms with E-state index in [1.54, 1.807) is 0 Å². The molecule has 0 aliphatic heterocycles. The Labute approximate surface area is 245 Å². The van der Waals surface area contributed by atoms with E-state index in [-0.39, 0.29) is 25.8 Å². The molecule has 0 bridgehead atoms. The molecule has 3 unspecified atom stereocenters. The fourth-order valence-electron chi connectivity index (χ4n) is 6.28. The molecule has 0 heterocycles. The summed E-state index contributed by atoms with van der Waals surface area (Å²) >= 11 is 0. The molecule has 3 atom stereocenters. The molecule has 0 spiro atoms. The van der Waals surface area contributed by atoms with Crippen LogP contribution in [0.25, 0.3) is 0 Å². The number of aliphatic carboxylic acids is 3. The quantitative estimate of drug-likeness (QED) is 0.0495. The van der Waals surface area contributed by atoms with E-state index in [1.807, 2.05) is 26.8 Å². The number of unbranched alkanes of at least 4 members (excludes halogenated alkanes) is 12. The lowest BCUT2D eigenvalue weighted by atomic mass is 9.91. The van der Waals surface area contributed by atoms with E-state index in [0.717, 1.165) is 12.8 Å². The summed E-state index contributed by atoms with van der Waals surface area (Å²) in [6.45, 7) is 8.04. The Morgan fingerprint density at radius 1 is 0.500 bits per heavy atom. The molecule has 40 heavy (non-hydrogen) atoms. The van der Waals surface area contributed by atoms with E-state index >= 15 is 0 Å². The number of carboxylic acid groups (broad SMARTS) is 3. The summed E-state index contributed by atoms with van der Waals surface area (Å²) in [6.07, 6.45) is 23.5. The van der Waals surface area contributed by atoms with Gasteiger partial charge in [-0.3, -0.25) is 4.48 Å². The van der Waals surface area contributed by atoms with Crippen LogP contribution in [0.1, 0.15) is 156 Å². The van der Waals surface area contributed by atoms with Gasteiger partial charge in [0.2, 0.25) is 0 Å². The minimum atomic E-state index is -1.10. The van der Waals surface area contributed by atoms with Gasteiger partial charge in [-0.1, -0.05) is 110 Å². The highest BCUT2D eigenvalue weighted by molar-refractivity contribution is 5.78. The summed E-state index contributed by atoms with van der Waals surface area (Å²) in [7, 11) is 0. The first-order valence-corrected chi connectivity index (χ1v) is 16.4. The first-order chi connectivity index (χ1) is 19.2. The second-order valence-electron chi connectivity index (χ2n) is 11.6. The molecular formula is C33H62NO6+. The van der Waals surface area contributed by atoms with Crippen LogP contribution < -0.4 is 0 Å². The Balaban J connectivity index is 5.20. The number of quaternary nitrogens is 1. The van der Waals surface area contributed by atoms with E-state index in [4.69, 9.17) is 0 Å². The zero-order chi connectivity index (χ0) is 30.2. The highest BCUT2D eigenvalue weighted by atomic mass is 16.4. The maximum atomic E-state index is 12.6. The predicted molar refractivity (Wildman–Crippen MR) is 164 cm³/mol. The summed E-state index contributed by atoms with van der Waals surface area (Å²) in [5, 5.41) is 30.8. The van der Waals surface area contributed by atoms with E-state index in [2.05, 4.69) is 13.0 Å². The van der Waals surface area contributed by atoms with Gasteiger partial charge < -0.3 is 15.3 Å². The van der Waals surface area contributed by atoms with Crippen LogP contribution in [-0.4, -0.2) is 62.4 Å². The van der Waals surface area contributed by atoms with Gasteiger partial charge in [0, 0.05) is 25.7 Å². The molecule has 3 N–H and O–H groups in total. The molecule has 0 fully saturated rings. The third kappa shape index (κ3) is 14.1. The van der Waals surface area contributed by atoms with E-state index in [1.165, 1.54) is 70.6 Å². The minimum Gasteiger partial charge on any atom is -0.477 e. The monoisotopic (exact) mass is 568 g/mol. The molecule has 0 aromatic rings. The van der Waals surface area contributed by atoms with Gasteiger partial charge in [-0.15, -0.1) is 0 Å². The van der Waals surface area contributed by atoms with Gasteiger partial charge in [-0.05, 0) is 32.1 Å². The average Bonchev–Trinajstić information content (AvgIpc) is 2.91. The normalized spacial score (nSPS) is 15.5. The second-order valence-corrected chi connectivity index (χ2v) is 11.6. The highest BCUT2D eigenvalue weighted by Crippen LogP contribution is 2.34. The van der Waals surface area contributed by atoms with Crippen LogP contribution in [0, 0.1) is 0 Å². The second kappa shape index (κ2) is 23.8. The van der Waals surface area contributed by atoms with E-state index in [9.17, 15) is 29.7 Å². The molecule has 0 amide bonds. The number of carbonyl (C=O) groups is 3. The van der Waals surface area contributed by atoms with Crippen LogP contribution in [0.3, 0.4) is 0 Å². The van der Waals surface area contributed by atoms with Gasteiger partial charge in [0.25, 0.3) is 0 Å². The summed E-state index contributed by atoms with van der Waals surface area (Å²) < 4.78 is -0.418. The molecule has 234 valence electrons. The van der Waals surface area contributed by atoms with Crippen LogP contribution in [-0.2, 0) is 14.4 Å². The number of allylic oxidation sites excluding steroid dienone is 1. The van der Waals surface area contributed by atoms with Crippen molar-refractivity contribution in [2.24, 2.45) is 0 Å². The van der Waals surface area contributed by atoms with Crippen LogP contribution in [0.4, 0.5) is 0 Å². The van der Waals surface area contributed by atoms with Crippen LogP contribution in [0.5, 0.6) is 0 Å². The molecule has 0 saturated heterocycles. The number of hydrogen-bond acceptors (Lipinski definition) is 3. The van der Waals surface area contributed by atoms with E-state index < -0.39 is 40.5 Å². The van der Waals surface area contributed by atoms with Gasteiger partial charge in [-0.25, -0.2) is 14.4 Å². The lowest BCUT2D eigenvalue weighted by molar-refractivity contribution is -0.973. The Morgan fingerprint density at radius 3 is 1.15 bits per heavy atom. The molecule has 0 rings (SSSR count). The van der Waals surface area contributed by atoms with Crippen molar-refractivity contribution < 1.29 is 34.2 Å². The predicted octanol–water partition coefficient (Wildman–Crippen LogP) is 8.60. The molecule has 0 aromatic heterocycles. The largest absolute Gasteiger partial charge is 0.477 e. The Bertz CT molecular complexity index is 647. The fraction of sp³-hybridized carbons (Fsp3) is 0.848. The zero-order valence-electron chi connectivity index (χ0n) is 26.2. The van der Waals surface area contributed by atoms with Crippen molar-refractivity contribution in [1.82, 2.24) is 0 Å². The molecule has 0 radical (unpaired) electrons. The molecule has 7 nitrogen and oxygen atoms in total. The van der Waals surface area contributed by atoms with Crippen molar-refractivity contribution in [1.29, 1.82) is 0 Å². The maximum Gasteiger partial charge on any atom is 0.362 e. The third-order valence-electron chi connectivity index (χ3n) is 8.36. The molecule has 7 heteroatoms. The Hall–Kier alpha value is -1.89. The molecule has 0 aliphatic carbocycles. The number of hydrogen-bond donors (Lipinski definition) is 3. The number of nitrogens with zero attached hydrogens (tertiary/aromatic N) is 1. The molecule has 0 aromatic carbocycles. The average molecular weight is 569 g/mol. The summed E-state index contributed by atoms with van der Waals surface area (Å²) in [6, 6.07) is -3.22. The van der Waals surface area contributed by atoms with E-state index in [0.29, 0.717) is 25.7 Å². The highest BCUT2D eigenvalue weighted by Gasteiger charge is 2.56. The topological polar surface area (TPSA) is 112 Å². The van der Waals surface area contributed by atoms with Crippen LogP contribution in [0.2, 0.25) is 0 Å². The minimum absolute atomic E-state index is 0.194. The number of carboxylic acids is 3. The maximum absolute atomic E-state index is 12.6. The van der Waals surface area contributed by atoms with Crippen molar-refractivity contribution in [2.45, 2.75) is 174 Å². The van der Waals surface area contributed by atoms with Gasteiger partial charge in [-0.2, -0.15) is 0 Å². The first kappa shape index (κ1) is 38.1.